The first-order valence-corrected chi connectivity index (χ1v) is 5.46. The number of nitrogens with one attached hydrogen (secondary N) is 1. The predicted octanol–water partition coefficient (Wildman–Crippen LogP) is 1.62. The Bertz CT molecular complexity index is 281. The number of aromatic nitrogens is 1. The summed E-state index contributed by atoms with van der Waals surface area (Å²) in [5, 5.41) is 6.31. The van der Waals surface area contributed by atoms with Crippen molar-refractivity contribution in [2.75, 3.05) is 13.1 Å². The number of nitrogens with zero attached hydrogens (tertiary/aromatic N) is 1. The van der Waals surface area contributed by atoms with Crippen LogP contribution in [-0.2, 0) is 0 Å². The second-order valence-corrected chi connectivity index (χ2v) is 4.47. The standard InChI is InChI=1S/C9H14N2OS/c1-6(2)9-11-8(5-13-9)12-7-3-10-4-7/h5-7,10H,3-4H2,1-2H3. The first-order chi connectivity index (χ1) is 6.25. The molecule has 0 amide bonds. The van der Waals surface area contributed by atoms with E-state index in [2.05, 4.69) is 24.1 Å². The average Bonchev–Trinajstić information content (AvgIpc) is 2.44. The summed E-state index contributed by atoms with van der Waals surface area (Å²) in [6.07, 6.45) is 0.335. The van der Waals surface area contributed by atoms with Crippen molar-refractivity contribution < 1.29 is 4.74 Å². The van der Waals surface area contributed by atoms with E-state index in [1.807, 2.05) is 5.38 Å². The Morgan fingerprint density at radius 1 is 1.62 bits per heavy atom. The molecule has 1 saturated heterocycles. The smallest absolute Gasteiger partial charge is 0.224 e. The van der Waals surface area contributed by atoms with E-state index in [-0.39, 0.29) is 0 Å². The molecule has 0 spiro atoms. The highest BCUT2D eigenvalue weighted by molar-refractivity contribution is 7.09. The third kappa shape index (κ3) is 2.00. The van der Waals surface area contributed by atoms with Gasteiger partial charge in [0.1, 0.15) is 6.10 Å². The van der Waals surface area contributed by atoms with Gasteiger partial charge in [0.2, 0.25) is 5.88 Å². The van der Waals surface area contributed by atoms with Gasteiger partial charge in [0.05, 0.1) is 10.4 Å². The zero-order valence-corrected chi connectivity index (χ0v) is 8.73. The molecule has 72 valence electrons. The Hall–Kier alpha value is -0.610. The van der Waals surface area contributed by atoms with E-state index in [1.165, 1.54) is 0 Å². The highest BCUT2D eigenvalue weighted by atomic mass is 32.1. The highest BCUT2D eigenvalue weighted by Gasteiger charge is 2.19. The number of hydrogen-bond acceptors (Lipinski definition) is 4. The Labute approximate surface area is 82.1 Å². The van der Waals surface area contributed by atoms with E-state index in [0.29, 0.717) is 12.0 Å². The van der Waals surface area contributed by atoms with E-state index >= 15 is 0 Å². The van der Waals surface area contributed by atoms with Gasteiger partial charge >= 0.3 is 0 Å². The molecule has 0 aliphatic carbocycles. The molecule has 0 bridgehead atoms. The fraction of sp³-hybridized carbons (Fsp3) is 0.667. The first-order valence-electron chi connectivity index (χ1n) is 4.58. The van der Waals surface area contributed by atoms with Gasteiger partial charge in [-0.1, -0.05) is 13.8 Å². The van der Waals surface area contributed by atoms with Crippen LogP contribution in [0.4, 0.5) is 0 Å². The van der Waals surface area contributed by atoms with Crippen LogP contribution in [0.25, 0.3) is 0 Å². The van der Waals surface area contributed by atoms with Crippen LogP contribution >= 0.6 is 11.3 Å². The largest absolute Gasteiger partial charge is 0.471 e. The Kier molecular flexibility index (Phi) is 2.51. The third-order valence-electron chi connectivity index (χ3n) is 2.03. The molecular formula is C9H14N2OS. The lowest BCUT2D eigenvalue weighted by atomic mass is 10.2. The lowest BCUT2D eigenvalue weighted by molar-refractivity contribution is 0.137. The summed E-state index contributed by atoms with van der Waals surface area (Å²) in [7, 11) is 0. The second-order valence-electron chi connectivity index (χ2n) is 3.58. The molecule has 0 aromatic carbocycles. The van der Waals surface area contributed by atoms with Crippen LogP contribution in [0.1, 0.15) is 24.8 Å². The fourth-order valence-electron chi connectivity index (χ4n) is 1.11. The topological polar surface area (TPSA) is 34.1 Å². The van der Waals surface area contributed by atoms with Crippen molar-refractivity contribution in [3.63, 3.8) is 0 Å². The van der Waals surface area contributed by atoms with Crippen molar-refractivity contribution >= 4 is 11.3 Å². The minimum Gasteiger partial charge on any atom is -0.471 e. The molecule has 0 atom stereocenters. The van der Waals surface area contributed by atoms with E-state index < -0.39 is 0 Å². The Balaban J connectivity index is 1.96. The van der Waals surface area contributed by atoms with Crippen LogP contribution in [0, 0.1) is 0 Å². The zero-order valence-electron chi connectivity index (χ0n) is 7.91. The number of ether oxygens (including phenoxy) is 1. The first kappa shape index (κ1) is 8.97. The number of thiazole rings is 1. The van der Waals surface area contributed by atoms with E-state index in [4.69, 9.17) is 4.74 Å². The molecule has 1 fully saturated rings. The van der Waals surface area contributed by atoms with Crippen LogP contribution in [0.15, 0.2) is 5.38 Å². The van der Waals surface area contributed by atoms with Gasteiger partial charge in [-0.3, -0.25) is 0 Å². The van der Waals surface area contributed by atoms with Gasteiger partial charge in [-0.2, -0.15) is 0 Å². The third-order valence-corrected chi connectivity index (χ3v) is 3.15. The predicted molar refractivity (Wildman–Crippen MR) is 53.5 cm³/mol. The molecule has 1 aromatic rings. The van der Waals surface area contributed by atoms with Crippen LogP contribution < -0.4 is 10.1 Å². The Morgan fingerprint density at radius 3 is 2.85 bits per heavy atom. The summed E-state index contributed by atoms with van der Waals surface area (Å²) in [5.41, 5.74) is 0. The maximum Gasteiger partial charge on any atom is 0.224 e. The van der Waals surface area contributed by atoms with Crippen LogP contribution in [0.2, 0.25) is 0 Å². The molecule has 0 radical (unpaired) electrons. The zero-order chi connectivity index (χ0) is 9.26. The monoisotopic (exact) mass is 198 g/mol. The maximum atomic E-state index is 5.62. The van der Waals surface area contributed by atoms with Crippen molar-refractivity contribution in [1.29, 1.82) is 0 Å². The summed E-state index contributed by atoms with van der Waals surface area (Å²) in [6.45, 7) is 6.20. The lowest BCUT2D eigenvalue weighted by Gasteiger charge is -2.26. The van der Waals surface area contributed by atoms with Crippen molar-refractivity contribution in [3.05, 3.63) is 10.4 Å². The molecule has 4 heteroatoms. The summed E-state index contributed by atoms with van der Waals surface area (Å²) >= 11 is 1.68. The van der Waals surface area contributed by atoms with Gasteiger partial charge in [-0.15, -0.1) is 11.3 Å². The van der Waals surface area contributed by atoms with Crippen molar-refractivity contribution in [3.8, 4) is 5.88 Å². The molecule has 2 rings (SSSR count). The van der Waals surface area contributed by atoms with E-state index in [9.17, 15) is 0 Å². The van der Waals surface area contributed by atoms with E-state index in [1.54, 1.807) is 11.3 Å². The van der Waals surface area contributed by atoms with Crippen molar-refractivity contribution in [2.24, 2.45) is 0 Å². The van der Waals surface area contributed by atoms with Crippen molar-refractivity contribution in [1.82, 2.24) is 10.3 Å². The van der Waals surface area contributed by atoms with Gasteiger partial charge in [0.25, 0.3) is 0 Å². The summed E-state index contributed by atoms with van der Waals surface area (Å²) in [6, 6.07) is 0. The summed E-state index contributed by atoms with van der Waals surface area (Å²) in [4.78, 5) is 4.40. The summed E-state index contributed by atoms with van der Waals surface area (Å²) < 4.78 is 5.62. The number of rotatable bonds is 3. The highest BCUT2D eigenvalue weighted by Crippen LogP contribution is 2.24. The molecule has 1 aromatic heterocycles. The molecular weight excluding hydrogens is 184 g/mol. The van der Waals surface area contributed by atoms with Crippen molar-refractivity contribution in [2.45, 2.75) is 25.9 Å². The second kappa shape index (κ2) is 3.64. The normalized spacial score (nSPS) is 17.5. The summed E-state index contributed by atoms with van der Waals surface area (Å²) in [5.74, 6) is 1.29. The van der Waals surface area contributed by atoms with Gasteiger partial charge in [-0.05, 0) is 0 Å². The Morgan fingerprint density at radius 2 is 2.38 bits per heavy atom. The molecule has 1 aliphatic heterocycles. The SMILES string of the molecule is CC(C)c1nc(OC2CNC2)cs1. The minimum absolute atomic E-state index is 0.335. The molecule has 1 N–H and O–H groups in total. The van der Waals surface area contributed by atoms with Crippen LogP contribution in [0.3, 0.4) is 0 Å². The van der Waals surface area contributed by atoms with Gasteiger partial charge in [0, 0.05) is 19.0 Å². The van der Waals surface area contributed by atoms with Crippen LogP contribution in [-0.4, -0.2) is 24.2 Å². The molecule has 2 heterocycles. The molecule has 3 nitrogen and oxygen atoms in total. The quantitative estimate of drug-likeness (QED) is 0.801. The van der Waals surface area contributed by atoms with Gasteiger partial charge in [0.15, 0.2) is 0 Å². The molecule has 0 unspecified atom stereocenters. The average molecular weight is 198 g/mol. The molecule has 0 saturated carbocycles. The minimum atomic E-state index is 0.335. The fourth-order valence-corrected chi connectivity index (χ4v) is 1.85. The molecule has 1 aliphatic rings. The van der Waals surface area contributed by atoms with Crippen LogP contribution in [0.5, 0.6) is 5.88 Å². The molecule has 13 heavy (non-hydrogen) atoms. The van der Waals surface area contributed by atoms with Gasteiger partial charge in [-0.25, -0.2) is 4.98 Å². The lowest BCUT2D eigenvalue weighted by Crippen LogP contribution is -2.50. The maximum absolute atomic E-state index is 5.62. The van der Waals surface area contributed by atoms with E-state index in [0.717, 1.165) is 24.0 Å². The van der Waals surface area contributed by atoms with Gasteiger partial charge < -0.3 is 10.1 Å². The number of hydrogen-bond donors (Lipinski definition) is 1.